The second-order valence-corrected chi connectivity index (χ2v) is 5.40. The minimum atomic E-state index is -0.406. The number of primary amides is 1. The van der Waals surface area contributed by atoms with Crippen molar-refractivity contribution in [2.75, 3.05) is 6.54 Å². The number of carbonyl (C=O) groups excluding carboxylic acids is 1. The molecule has 0 saturated carbocycles. The normalized spacial score (nSPS) is 11.0. The second-order valence-electron chi connectivity index (χ2n) is 5.40. The Hall–Kier alpha value is -2.59. The van der Waals surface area contributed by atoms with E-state index >= 15 is 0 Å². The molecule has 0 atom stereocenters. The van der Waals surface area contributed by atoms with Crippen molar-refractivity contribution in [1.29, 1.82) is 0 Å². The highest BCUT2D eigenvalue weighted by Gasteiger charge is 2.11. The summed E-state index contributed by atoms with van der Waals surface area (Å²) in [5, 5.41) is 1.05. The second kappa shape index (κ2) is 6.03. The molecule has 1 amide bonds. The van der Waals surface area contributed by atoms with E-state index in [0.717, 1.165) is 29.4 Å². The van der Waals surface area contributed by atoms with E-state index in [0.29, 0.717) is 12.1 Å². The largest absolute Gasteiger partial charge is 0.366 e. The molecule has 0 spiro atoms. The van der Waals surface area contributed by atoms with Crippen molar-refractivity contribution in [3.63, 3.8) is 0 Å². The molecular weight excluding hydrogens is 274 g/mol. The molecule has 0 radical (unpaired) electrons. The zero-order valence-corrected chi connectivity index (χ0v) is 12.3. The number of hydrogen-bond acceptors (Lipinski definition) is 2. The Kier molecular flexibility index (Phi) is 3.94. The Morgan fingerprint density at radius 3 is 2.55 bits per heavy atom. The predicted molar refractivity (Wildman–Crippen MR) is 88.8 cm³/mol. The quantitative estimate of drug-likeness (QED) is 0.757. The van der Waals surface area contributed by atoms with Crippen molar-refractivity contribution in [2.24, 2.45) is 11.5 Å². The molecule has 0 bridgehead atoms. The van der Waals surface area contributed by atoms with Gasteiger partial charge >= 0.3 is 0 Å². The van der Waals surface area contributed by atoms with Crippen LogP contribution in [0.15, 0.2) is 54.7 Å². The predicted octanol–water partition coefficient (Wildman–Crippen LogP) is 2.29. The number of hydrogen-bond donors (Lipinski definition) is 2. The van der Waals surface area contributed by atoms with Crippen molar-refractivity contribution in [3.8, 4) is 0 Å². The van der Waals surface area contributed by atoms with E-state index in [1.54, 1.807) is 6.07 Å². The Morgan fingerprint density at radius 2 is 1.86 bits per heavy atom. The topological polar surface area (TPSA) is 74.0 Å². The summed E-state index contributed by atoms with van der Waals surface area (Å²) in [6, 6.07) is 15.9. The van der Waals surface area contributed by atoms with Gasteiger partial charge < -0.3 is 16.0 Å². The SMILES string of the molecule is NCCc1cn(Cc2ccccc2)c2ccc(C(N)=O)cc12. The number of nitrogens with zero attached hydrogens (tertiary/aromatic N) is 1. The molecule has 4 N–H and O–H groups in total. The summed E-state index contributed by atoms with van der Waals surface area (Å²) in [5.74, 6) is -0.406. The molecule has 1 heterocycles. The van der Waals surface area contributed by atoms with Crippen molar-refractivity contribution in [2.45, 2.75) is 13.0 Å². The van der Waals surface area contributed by atoms with Crippen molar-refractivity contribution >= 4 is 16.8 Å². The summed E-state index contributed by atoms with van der Waals surface area (Å²) in [6.07, 6.45) is 2.90. The monoisotopic (exact) mass is 293 g/mol. The van der Waals surface area contributed by atoms with Gasteiger partial charge in [-0.05, 0) is 42.3 Å². The average Bonchev–Trinajstić information content (AvgIpc) is 2.86. The number of nitrogens with two attached hydrogens (primary N) is 2. The molecule has 112 valence electrons. The van der Waals surface area contributed by atoms with Crippen LogP contribution in [0.25, 0.3) is 10.9 Å². The van der Waals surface area contributed by atoms with Crippen LogP contribution in [0.1, 0.15) is 21.5 Å². The van der Waals surface area contributed by atoms with Crippen LogP contribution in [0.4, 0.5) is 0 Å². The number of amides is 1. The fraction of sp³-hybridized carbons (Fsp3) is 0.167. The third-order valence-corrected chi connectivity index (χ3v) is 3.86. The maximum absolute atomic E-state index is 11.4. The number of benzene rings is 2. The molecule has 2 aromatic carbocycles. The molecule has 0 aliphatic carbocycles. The van der Waals surface area contributed by atoms with Gasteiger partial charge in [0.25, 0.3) is 0 Å². The molecule has 0 aliphatic rings. The summed E-state index contributed by atoms with van der Waals surface area (Å²) in [7, 11) is 0. The van der Waals surface area contributed by atoms with Gasteiger partial charge in [0.15, 0.2) is 0 Å². The first-order chi connectivity index (χ1) is 10.7. The van der Waals surface area contributed by atoms with Crippen molar-refractivity contribution in [3.05, 3.63) is 71.4 Å². The van der Waals surface area contributed by atoms with E-state index < -0.39 is 5.91 Å². The number of fused-ring (bicyclic) bond motifs is 1. The molecule has 4 heteroatoms. The van der Waals surface area contributed by atoms with Crippen LogP contribution >= 0.6 is 0 Å². The first kappa shape index (κ1) is 14.4. The van der Waals surface area contributed by atoms with Crippen LogP contribution in [0.5, 0.6) is 0 Å². The Labute approximate surface area is 129 Å². The van der Waals surface area contributed by atoms with Gasteiger partial charge in [0, 0.05) is 29.2 Å². The molecule has 3 rings (SSSR count). The lowest BCUT2D eigenvalue weighted by Crippen LogP contribution is -2.10. The third-order valence-electron chi connectivity index (χ3n) is 3.86. The lowest BCUT2D eigenvalue weighted by Gasteiger charge is -2.06. The molecule has 0 saturated heterocycles. The van der Waals surface area contributed by atoms with Gasteiger partial charge in [-0.15, -0.1) is 0 Å². The molecule has 0 fully saturated rings. The van der Waals surface area contributed by atoms with E-state index in [2.05, 4.69) is 22.9 Å². The van der Waals surface area contributed by atoms with Crippen molar-refractivity contribution < 1.29 is 4.79 Å². The number of aromatic nitrogens is 1. The van der Waals surface area contributed by atoms with Gasteiger partial charge in [-0.2, -0.15) is 0 Å². The lowest BCUT2D eigenvalue weighted by atomic mass is 10.1. The van der Waals surface area contributed by atoms with Crippen molar-refractivity contribution in [1.82, 2.24) is 4.57 Å². The summed E-state index contributed by atoms with van der Waals surface area (Å²) in [6.45, 7) is 1.36. The standard InChI is InChI=1S/C18H19N3O/c19-9-8-15-12-21(11-13-4-2-1-3-5-13)17-7-6-14(18(20)22)10-16(15)17/h1-7,10,12H,8-9,11,19H2,(H2,20,22). The average molecular weight is 293 g/mol. The van der Waals surface area contributed by atoms with Gasteiger partial charge in [-0.3, -0.25) is 4.79 Å². The molecule has 1 aromatic heterocycles. The molecule has 0 aliphatic heterocycles. The molecule has 22 heavy (non-hydrogen) atoms. The highest BCUT2D eigenvalue weighted by atomic mass is 16.1. The Balaban J connectivity index is 2.08. The van der Waals surface area contributed by atoms with Gasteiger partial charge in [0.05, 0.1) is 0 Å². The van der Waals surface area contributed by atoms with Crippen LogP contribution in [-0.2, 0) is 13.0 Å². The van der Waals surface area contributed by atoms with Crippen LogP contribution in [0.3, 0.4) is 0 Å². The van der Waals surface area contributed by atoms with E-state index in [1.807, 2.05) is 30.3 Å². The van der Waals surface area contributed by atoms with Crippen LogP contribution < -0.4 is 11.5 Å². The van der Waals surface area contributed by atoms with Gasteiger partial charge in [0.1, 0.15) is 0 Å². The summed E-state index contributed by atoms with van der Waals surface area (Å²) in [5.41, 5.74) is 15.1. The third kappa shape index (κ3) is 2.73. The first-order valence-electron chi connectivity index (χ1n) is 7.34. The minimum absolute atomic E-state index is 0.406. The molecule has 0 unspecified atom stereocenters. The minimum Gasteiger partial charge on any atom is -0.366 e. The van der Waals surface area contributed by atoms with E-state index in [1.165, 1.54) is 5.56 Å². The highest BCUT2D eigenvalue weighted by molar-refractivity contribution is 5.98. The van der Waals surface area contributed by atoms with E-state index in [-0.39, 0.29) is 0 Å². The maximum Gasteiger partial charge on any atom is 0.248 e. The zero-order valence-electron chi connectivity index (χ0n) is 12.3. The molecule has 3 aromatic rings. The number of carbonyl (C=O) groups is 1. The lowest BCUT2D eigenvalue weighted by molar-refractivity contribution is 0.100. The van der Waals surface area contributed by atoms with Crippen LogP contribution in [0.2, 0.25) is 0 Å². The van der Waals surface area contributed by atoms with Crippen LogP contribution in [-0.4, -0.2) is 17.0 Å². The zero-order chi connectivity index (χ0) is 15.5. The maximum atomic E-state index is 11.4. The van der Waals surface area contributed by atoms with E-state index in [4.69, 9.17) is 11.5 Å². The van der Waals surface area contributed by atoms with Crippen LogP contribution in [0, 0.1) is 0 Å². The van der Waals surface area contributed by atoms with Gasteiger partial charge in [0.2, 0.25) is 5.91 Å². The fourth-order valence-corrected chi connectivity index (χ4v) is 2.79. The van der Waals surface area contributed by atoms with Gasteiger partial charge in [-0.25, -0.2) is 0 Å². The highest BCUT2D eigenvalue weighted by Crippen LogP contribution is 2.24. The van der Waals surface area contributed by atoms with Gasteiger partial charge in [-0.1, -0.05) is 30.3 Å². The Bertz CT molecular complexity index is 806. The summed E-state index contributed by atoms with van der Waals surface area (Å²) in [4.78, 5) is 11.4. The molecule has 4 nitrogen and oxygen atoms in total. The number of rotatable bonds is 5. The summed E-state index contributed by atoms with van der Waals surface area (Å²) >= 11 is 0. The van der Waals surface area contributed by atoms with E-state index in [9.17, 15) is 4.79 Å². The smallest absolute Gasteiger partial charge is 0.248 e. The first-order valence-corrected chi connectivity index (χ1v) is 7.34. The summed E-state index contributed by atoms with van der Waals surface area (Å²) < 4.78 is 2.19. The fourth-order valence-electron chi connectivity index (χ4n) is 2.79. The Morgan fingerprint density at radius 1 is 1.09 bits per heavy atom. The molecular formula is C18H19N3O.